The standard InChI is InChI=1S/C31H45N9O2/c1-22-28(13-24(16-34-22)17-35-30(32)15-29(41)31(2,3)4)40-21-27(36-37-40)25-14-26(19-33-18-25)39-7-5-23(6-8-39)20-38-9-11-42-12-10-38/h13-14,16,18-19,23,27H,5-12,15,17,20-21H2,1-4H3,(H2,32,35). The molecular weight excluding hydrogens is 530 g/mol. The molecule has 2 aromatic heterocycles. The van der Waals surface area contributed by atoms with Crippen LogP contribution in [0.4, 0.5) is 11.4 Å². The van der Waals surface area contributed by atoms with Gasteiger partial charge in [0.1, 0.15) is 17.7 Å². The predicted molar refractivity (Wildman–Crippen MR) is 165 cm³/mol. The summed E-state index contributed by atoms with van der Waals surface area (Å²) in [7, 11) is 0. The van der Waals surface area contributed by atoms with E-state index in [-0.39, 0.29) is 18.2 Å². The van der Waals surface area contributed by atoms with E-state index in [0.29, 0.717) is 18.9 Å². The van der Waals surface area contributed by atoms with Gasteiger partial charge in [-0.1, -0.05) is 26.0 Å². The van der Waals surface area contributed by atoms with Crippen LogP contribution in [0.25, 0.3) is 0 Å². The van der Waals surface area contributed by atoms with Crippen molar-refractivity contribution < 1.29 is 9.53 Å². The Morgan fingerprint density at radius 1 is 1.10 bits per heavy atom. The van der Waals surface area contributed by atoms with Crippen LogP contribution in [0, 0.1) is 18.3 Å². The molecule has 2 saturated heterocycles. The minimum absolute atomic E-state index is 0.0711. The van der Waals surface area contributed by atoms with Crippen LogP contribution >= 0.6 is 0 Å². The Kier molecular flexibility index (Phi) is 9.47. The van der Waals surface area contributed by atoms with E-state index in [2.05, 4.69) is 41.2 Å². The summed E-state index contributed by atoms with van der Waals surface area (Å²) in [5.41, 5.74) is 10.5. The normalized spacial score (nSPS) is 20.9. The number of morpholine rings is 1. The molecule has 11 heteroatoms. The Hall–Kier alpha value is -3.44. The zero-order valence-electron chi connectivity index (χ0n) is 25.5. The van der Waals surface area contributed by atoms with Crippen LogP contribution in [0.1, 0.15) is 62.9 Å². The number of aryl methyl sites for hydroxylation is 1. The molecule has 42 heavy (non-hydrogen) atoms. The van der Waals surface area contributed by atoms with Gasteiger partial charge in [0, 0.05) is 56.1 Å². The first-order valence-corrected chi connectivity index (χ1v) is 15.1. The van der Waals surface area contributed by atoms with Crippen molar-refractivity contribution in [3.8, 4) is 0 Å². The van der Waals surface area contributed by atoms with Gasteiger partial charge in [-0.15, -0.1) is 0 Å². The zero-order valence-corrected chi connectivity index (χ0v) is 25.5. The number of carbonyl (C=O) groups is 1. The summed E-state index contributed by atoms with van der Waals surface area (Å²) in [6.45, 7) is 15.7. The van der Waals surface area contributed by atoms with Gasteiger partial charge in [0.05, 0.1) is 56.0 Å². The van der Waals surface area contributed by atoms with Gasteiger partial charge in [0.15, 0.2) is 0 Å². The first-order chi connectivity index (χ1) is 20.2. The van der Waals surface area contributed by atoms with Gasteiger partial charge in [-0.3, -0.25) is 24.7 Å². The average molecular weight is 576 g/mol. The molecule has 2 fully saturated rings. The first-order valence-electron chi connectivity index (χ1n) is 15.1. The maximum atomic E-state index is 12.3. The highest BCUT2D eigenvalue weighted by molar-refractivity contribution is 6.02. The van der Waals surface area contributed by atoms with Gasteiger partial charge in [0.2, 0.25) is 0 Å². The van der Waals surface area contributed by atoms with Crippen molar-refractivity contribution in [1.82, 2.24) is 14.9 Å². The van der Waals surface area contributed by atoms with Gasteiger partial charge in [-0.2, -0.15) is 5.11 Å². The third-order valence-corrected chi connectivity index (χ3v) is 8.41. The Labute approximate surface area is 249 Å². The van der Waals surface area contributed by atoms with E-state index >= 15 is 0 Å². The number of hydrogen-bond acceptors (Lipinski definition) is 10. The maximum absolute atomic E-state index is 12.3. The largest absolute Gasteiger partial charge is 0.387 e. The lowest BCUT2D eigenvalue weighted by Crippen LogP contribution is -2.43. The number of ketones is 1. The third-order valence-electron chi connectivity index (χ3n) is 8.41. The highest BCUT2D eigenvalue weighted by atomic mass is 16.5. The van der Waals surface area contributed by atoms with Crippen molar-refractivity contribution in [3.63, 3.8) is 0 Å². The molecule has 11 nitrogen and oxygen atoms in total. The third kappa shape index (κ3) is 7.69. The number of rotatable bonds is 9. The molecular formula is C31H45N9O2. The molecule has 2 aromatic rings. The lowest BCUT2D eigenvalue weighted by molar-refractivity contribution is -0.125. The molecule has 3 aliphatic heterocycles. The number of nitrogens with zero attached hydrogens (tertiary/aromatic N) is 8. The molecule has 0 radical (unpaired) electrons. The SMILES string of the molecule is Cc1ncc(CN=C(N)CC(=O)C(C)(C)C)cc1N1CC(c2cncc(N3CCC(CN4CCOCC4)CC3)c2)N=N1. The second-order valence-corrected chi connectivity index (χ2v) is 12.7. The number of amidine groups is 1. The van der Waals surface area contributed by atoms with E-state index in [0.717, 1.165) is 73.5 Å². The second-order valence-electron chi connectivity index (χ2n) is 12.7. The summed E-state index contributed by atoms with van der Waals surface area (Å²) >= 11 is 0. The van der Waals surface area contributed by atoms with E-state index in [1.165, 1.54) is 19.4 Å². The van der Waals surface area contributed by atoms with Crippen LogP contribution in [0.5, 0.6) is 0 Å². The van der Waals surface area contributed by atoms with Crippen molar-refractivity contribution in [2.24, 2.45) is 32.4 Å². The number of hydrogen-bond donors (Lipinski definition) is 1. The molecule has 1 unspecified atom stereocenters. The number of carbonyl (C=O) groups excluding carboxylic acids is 1. The minimum atomic E-state index is -0.439. The molecule has 0 bridgehead atoms. The summed E-state index contributed by atoms with van der Waals surface area (Å²) in [6, 6.07) is 4.15. The smallest absolute Gasteiger partial charge is 0.145 e. The van der Waals surface area contributed by atoms with Crippen molar-refractivity contribution >= 4 is 23.0 Å². The number of piperidine rings is 1. The number of pyridine rings is 2. The van der Waals surface area contributed by atoms with E-state index < -0.39 is 5.41 Å². The summed E-state index contributed by atoms with van der Waals surface area (Å²) in [4.78, 5) is 30.9. The van der Waals surface area contributed by atoms with E-state index in [1.807, 2.05) is 51.2 Å². The predicted octanol–water partition coefficient (Wildman–Crippen LogP) is 4.12. The highest BCUT2D eigenvalue weighted by Crippen LogP contribution is 2.33. The van der Waals surface area contributed by atoms with Gasteiger partial charge >= 0.3 is 0 Å². The quantitative estimate of drug-likeness (QED) is 0.350. The van der Waals surface area contributed by atoms with Crippen LogP contribution in [0.15, 0.2) is 46.1 Å². The zero-order chi connectivity index (χ0) is 29.7. The van der Waals surface area contributed by atoms with Gasteiger partial charge in [0.25, 0.3) is 0 Å². The van der Waals surface area contributed by atoms with Gasteiger partial charge < -0.3 is 15.4 Å². The molecule has 0 aromatic carbocycles. The molecule has 1 atom stereocenters. The van der Waals surface area contributed by atoms with Crippen molar-refractivity contribution in [2.75, 3.05) is 62.4 Å². The minimum Gasteiger partial charge on any atom is -0.387 e. The fraction of sp³-hybridized carbons (Fsp3) is 0.613. The van der Waals surface area contributed by atoms with Crippen LogP contribution in [0.2, 0.25) is 0 Å². The number of anilines is 2. The average Bonchev–Trinajstić information content (AvgIpc) is 3.47. The molecule has 0 saturated carbocycles. The fourth-order valence-corrected chi connectivity index (χ4v) is 5.59. The Balaban J connectivity index is 1.17. The number of aromatic nitrogens is 2. The summed E-state index contributed by atoms with van der Waals surface area (Å²) in [6.07, 6.45) is 8.21. The van der Waals surface area contributed by atoms with E-state index in [9.17, 15) is 4.79 Å². The van der Waals surface area contributed by atoms with E-state index in [1.54, 1.807) is 6.20 Å². The fourth-order valence-electron chi connectivity index (χ4n) is 5.59. The van der Waals surface area contributed by atoms with Crippen LogP contribution in [-0.2, 0) is 16.1 Å². The lowest BCUT2D eigenvalue weighted by Gasteiger charge is -2.37. The molecule has 226 valence electrons. The number of ether oxygens (including phenoxy) is 1. The van der Waals surface area contributed by atoms with Crippen LogP contribution < -0.4 is 15.6 Å². The maximum Gasteiger partial charge on any atom is 0.145 e. The number of aliphatic imine (C=N–C) groups is 1. The van der Waals surface area contributed by atoms with Crippen molar-refractivity contribution in [3.05, 3.63) is 47.5 Å². The summed E-state index contributed by atoms with van der Waals surface area (Å²) < 4.78 is 5.50. The lowest BCUT2D eigenvalue weighted by atomic mass is 9.89. The topological polar surface area (TPSA) is 125 Å². The molecule has 2 N–H and O–H groups in total. The molecule has 0 amide bonds. The van der Waals surface area contributed by atoms with Gasteiger partial charge in [-0.25, -0.2) is 5.01 Å². The number of Topliss-reactive ketones (excluding diaryl/α,β-unsaturated/α-hetero) is 1. The second kappa shape index (κ2) is 13.2. The summed E-state index contributed by atoms with van der Waals surface area (Å²) in [5.74, 6) is 1.15. The van der Waals surface area contributed by atoms with Gasteiger partial charge in [-0.05, 0) is 43.4 Å². The Morgan fingerprint density at radius 3 is 2.60 bits per heavy atom. The molecule has 5 rings (SSSR count). The van der Waals surface area contributed by atoms with Crippen molar-refractivity contribution in [2.45, 2.75) is 59.5 Å². The molecule has 3 aliphatic rings. The first kappa shape index (κ1) is 30.0. The van der Waals surface area contributed by atoms with Crippen LogP contribution in [-0.4, -0.2) is 79.0 Å². The highest BCUT2D eigenvalue weighted by Gasteiger charge is 2.27. The summed E-state index contributed by atoms with van der Waals surface area (Å²) in [5, 5.41) is 11.0. The molecule has 0 aliphatic carbocycles. The molecule has 5 heterocycles. The molecule has 0 spiro atoms. The Morgan fingerprint density at radius 2 is 1.86 bits per heavy atom. The van der Waals surface area contributed by atoms with E-state index in [4.69, 9.17) is 10.5 Å². The van der Waals surface area contributed by atoms with Crippen LogP contribution in [0.3, 0.4) is 0 Å². The number of nitrogens with two attached hydrogens (primary N) is 1. The monoisotopic (exact) mass is 575 g/mol. The van der Waals surface area contributed by atoms with Crippen molar-refractivity contribution in [1.29, 1.82) is 0 Å². The Bertz CT molecular complexity index is 1290.